The van der Waals surface area contributed by atoms with E-state index in [2.05, 4.69) is 5.16 Å². The molecule has 8 heteroatoms. The predicted molar refractivity (Wildman–Crippen MR) is 130 cm³/mol. The lowest BCUT2D eigenvalue weighted by molar-refractivity contribution is 0.0873. The van der Waals surface area contributed by atoms with Crippen molar-refractivity contribution in [2.45, 2.75) is 63.1 Å². The second-order valence-electron chi connectivity index (χ2n) is 9.47. The number of sulfone groups is 1. The first kappa shape index (κ1) is 22.8. The Bertz CT molecular complexity index is 1460. The molecule has 0 radical (unpaired) electrons. The highest BCUT2D eigenvalue weighted by molar-refractivity contribution is 7.90. The van der Waals surface area contributed by atoms with Crippen LogP contribution in [-0.2, 0) is 16.4 Å². The monoisotopic (exact) mass is 481 g/mol. The van der Waals surface area contributed by atoms with Gasteiger partial charge in [-0.05, 0) is 50.5 Å². The quantitative estimate of drug-likeness (QED) is 0.347. The van der Waals surface area contributed by atoms with Gasteiger partial charge in [-0.25, -0.2) is 12.8 Å². The Morgan fingerprint density at radius 1 is 1.12 bits per heavy atom. The minimum absolute atomic E-state index is 0.238. The van der Waals surface area contributed by atoms with Crippen molar-refractivity contribution in [1.82, 2.24) is 14.7 Å². The third-order valence-corrected chi connectivity index (χ3v) is 7.93. The molecule has 1 saturated carbocycles. The van der Waals surface area contributed by atoms with Gasteiger partial charge >= 0.3 is 0 Å². The van der Waals surface area contributed by atoms with E-state index in [1.54, 1.807) is 24.4 Å². The van der Waals surface area contributed by atoms with Crippen LogP contribution in [0.25, 0.3) is 33.3 Å². The summed E-state index contributed by atoms with van der Waals surface area (Å²) < 4.78 is 47.4. The molecule has 0 aliphatic heterocycles. The van der Waals surface area contributed by atoms with Gasteiger partial charge in [0.1, 0.15) is 11.4 Å². The number of rotatable bonds is 5. The minimum atomic E-state index is -3.36. The Morgan fingerprint density at radius 2 is 1.88 bits per heavy atom. The number of fused-ring (bicyclic) bond motifs is 1. The topological polar surface area (TPSA) is 78.0 Å². The smallest absolute Gasteiger partial charge is 0.175 e. The highest BCUT2D eigenvalue weighted by Gasteiger charge is 2.33. The molecule has 0 bridgehead atoms. The number of alkyl halides is 1. The van der Waals surface area contributed by atoms with E-state index in [9.17, 15) is 8.42 Å². The Balaban J connectivity index is 1.69. The largest absolute Gasteiger partial charge is 0.361 e. The Labute approximate surface area is 198 Å². The first-order valence-corrected chi connectivity index (χ1v) is 13.5. The summed E-state index contributed by atoms with van der Waals surface area (Å²) in [5.41, 5.74) is 4.28. The number of benzene rings is 1. The van der Waals surface area contributed by atoms with Crippen molar-refractivity contribution in [3.05, 3.63) is 54.2 Å². The number of halogens is 1. The summed E-state index contributed by atoms with van der Waals surface area (Å²) in [6.07, 6.45) is 8.81. The van der Waals surface area contributed by atoms with Crippen LogP contribution in [0.2, 0.25) is 0 Å². The van der Waals surface area contributed by atoms with E-state index in [0.717, 1.165) is 52.7 Å². The van der Waals surface area contributed by atoms with Gasteiger partial charge in [0.15, 0.2) is 9.84 Å². The Morgan fingerprint density at radius 3 is 2.56 bits per heavy atom. The van der Waals surface area contributed by atoms with Crippen molar-refractivity contribution >= 4 is 20.9 Å². The summed E-state index contributed by atoms with van der Waals surface area (Å²) in [7, 11) is -3.36. The molecule has 3 heterocycles. The van der Waals surface area contributed by atoms with Gasteiger partial charge in [0.25, 0.3) is 0 Å². The van der Waals surface area contributed by atoms with Crippen molar-refractivity contribution in [3.8, 4) is 22.3 Å². The van der Waals surface area contributed by atoms with E-state index < -0.39 is 15.5 Å². The molecule has 0 N–H and O–H groups in total. The molecule has 1 aliphatic carbocycles. The first-order chi connectivity index (χ1) is 16.1. The summed E-state index contributed by atoms with van der Waals surface area (Å²) in [6.45, 7) is 3.98. The fraction of sp³-hybridized carbons (Fsp3) is 0.385. The zero-order valence-corrected chi connectivity index (χ0v) is 20.5. The molecule has 0 spiro atoms. The lowest BCUT2D eigenvalue weighted by atomic mass is 9.86. The van der Waals surface area contributed by atoms with Crippen LogP contribution in [0, 0.1) is 13.8 Å². The zero-order valence-electron chi connectivity index (χ0n) is 19.6. The normalized spacial score (nSPS) is 16.2. The molecule has 6 nitrogen and oxygen atoms in total. The van der Waals surface area contributed by atoms with Gasteiger partial charge < -0.3 is 9.09 Å². The van der Waals surface area contributed by atoms with Crippen molar-refractivity contribution in [1.29, 1.82) is 0 Å². The highest BCUT2D eigenvalue weighted by Crippen LogP contribution is 2.38. The number of pyridine rings is 1. The van der Waals surface area contributed by atoms with Gasteiger partial charge in [0, 0.05) is 35.3 Å². The number of hydrogen-bond donors (Lipinski definition) is 0. The molecule has 5 rings (SSSR count). The first-order valence-electron chi connectivity index (χ1n) is 11.6. The average molecular weight is 482 g/mol. The fourth-order valence-electron chi connectivity index (χ4n) is 5.08. The number of aromatic nitrogens is 3. The van der Waals surface area contributed by atoms with E-state index in [-0.39, 0.29) is 11.4 Å². The molecule has 3 aromatic heterocycles. The average Bonchev–Trinajstić information content (AvgIpc) is 3.32. The summed E-state index contributed by atoms with van der Waals surface area (Å²) in [5.74, 6) is 0.701. The summed E-state index contributed by atoms with van der Waals surface area (Å²) in [6, 6.07) is 8.84. The standard InChI is InChI=1S/C26H28FN3O3S/c1-17-24(18(2)33-29-17)20-13-23-25(28-14-20)22(19-8-7-9-21(12-19)34(3,31)32)15-30(23)16-26(27)10-5-4-6-11-26/h7-9,12-15H,4-6,10-11,16H2,1-3H3. The Kier molecular flexibility index (Phi) is 5.59. The molecule has 34 heavy (non-hydrogen) atoms. The van der Waals surface area contributed by atoms with Crippen LogP contribution in [-0.4, -0.2) is 35.1 Å². The Hall–Kier alpha value is -3.00. The maximum atomic E-state index is 15.8. The fourth-order valence-corrected chi connectivity index (χ4v) is 5.75. The summed E-state index contributed by atoms with van der Waals surface area (Å²) in [4.78, 5) is 5.00. The van der Waals surface area contributed by atoms with Crippen LogP contribution in [0.15, 0.2) is 52.1 Å². The summed E-state index contributed by atoms with van der Waals surface area (Å²) >= 11 is 0. The number of nitrogens with zero attached hydrogens (tertiary/aromatic N) is 3. The molecule has 1 aromatic carbocycles. The third-order valence-electron chi connectivity index (χ3n) is 6.82. The van der Waals surface area contributed by atoms with Gasteiger partial charge in [-0.3, -0.25) is 4.98 Å². The van der Waals surface area contributed by atoms with Crippen molar-refractivity contribution in [2.75, 3.05) is 6.26 Å². The molecule has 4 aromatic rings. The van der Waals surface area contributed by atoms with E-state index in [1.165, 1.54) is 6.26 Å². The molecule has 0 atom stereocenters. The van der Waals surface area contributed by atoms with Gasteiger partial charge in [-0.15, -0.1) is 0 Å². The SMILES string of the molecule is Cc1noc(C)c1-c1cnc2c(-c3cccc(S(C)(=O)=O)c3)cn(CC3(F)CCCCC3)c2c1. The van der Waals surface area contributed by atoms with Crippen LogP contribution in [0.5, 0.6) is 0 Å². The second kappa shape index (κ2) is 8.34. The molecule has 0 unspecified atom stereocenters. The van der Waals surface area contributed by atoms with Gasteiger partial charge in [0.05, 0.1) is 28.2 Å². The molecule has 1 fully saturated rings. The van der Waals surface area contributed by atoms with Crippen molar-refractivity contribution in [3.63, 3.8) is 0 Å². The van der Waals surface area contributed by atoms with Crippen LogP contribution in [0.1, 0.15) is 43.6 Å². The predicted octanol–water partition coefficient (Wildman–Crippen LogP) is 6.05. The van der Waals surface area contributed by atoms with E-state index in [0.29, 0.717) is 24.1 Å². The third kappa shape index (κ3) is 4.15. The molecule has 0 saturated heterocycles. The maximum absolute atomic E-state index is 15.8. The van der Waals surface area contributed by atoms with Crippen LogP contribution in [0.4, 0.5) is 4.39 Å². The van der Waals surface area contributed by atoms with Crippen LogP contribution < -0.4 is 0 Å². The molecule has 0 amide bonds. The molecular formula is C26H28FN3O3S. The molecule has 1 aliphatic rings. The number of hydrogen-bond acceptors (Lipinski definition) is 5. The van der Waals surface area contributed by atoms with Gasteiger partial charge in [-0.2, -0.15) is 0 Å². The van der Waals surface area contributed by atoms with Crippen molar-refractivity contribution < 1.29 is 17.3 Å². The van der Waals surface area contributed by atoms with Crippen LogP contribution in [0.3, 0.4) is 0 Å². The zero-order chi connectivity index (χ0) is 24.1. The van der Waals surface area contributed by atoms with Gasteiger partial charge in [-0.1, -0.05) is 36.6 Å². The van der Waals surface area contributed by atoms with Gasteiger partial charge in [0.2, 0.25) is 0 Å². The summed E-state index contributed by atoms with van der Waals surface area (Å²) in [5, 5.41) is 4.06. The molecule has 178 valence electrons. The number of aryl methyl sites for hydroxylation is 2. The minimum Gasteiger partial charge on any atom is -0.361 e. The lowest BCUT2D eigenvalue weighted by Gasteiger charge is -2.30. The van der Waals surface area contributed by atoms with E-state index in [4.69, 9.17) is 9.51 Å². The van der Waals surface area contributed by atoms with E-state index >= 15 is 4.39 Å². The highest BCUT2D eigenvalue weighted by atomic mass is 32.2. The van der Waals surface area contributed by atoms with Crippen molar-refractivity contribution in [2.24, 2.45) is 0 Å². The van der Waals surface area contributed by atoms with E-state index in [1.807, 2.05) is 36.7 Å². The lowest BCUT2D eigenvalue weighted by Crippen LogP contribution is -2.31. The maximum Gasteiger partial charge on any atom is 0.175 e. The molecular weight excluding hydrogens is 453 g/mol. The second-order valence-corrected chi connectivity index (χ2v) is 11.5. The van der Waals surface area contributed by atoms with Crippen LogP contribution >= 0.6 is 0 Å².